The summed E-state index contributed by atoms with van der Waals surface area (Å²) < 4.78 is 3.67. The Morgan fingerprint density at radius 2 is 2.17 bits per heavy atom. The predicted octanol–water partition coefficient (Wildman–Crippen LogP) is 2.05. The molecule has 18 heavy (non-hydrogen) atoms. The van der Waals surface area contributed by atoms with Gasteiger partial charge in [-0.1, -0.05) is 11.6 Å². The van der Waals surface area contributed by atoms with Gasteiger partial charge in [-0.15, -0.1) is 0 Å². The molecule has 6 heteroatoms. The molecule has 92 valence electrons. The van der Waals surface area contributed by atoms with Crippen LogP contribution in [0.4, 0.5) is 5.95 Å². The molecule has 0 saturated carbocycles. The second kappa shape index (κ2) is 4.03. The number of aromatic nitrogens is 4. The molecule has 2 heterocycles. The Balaban J connectivity index is 2.10. The van der Waals surface area contributed by atoms with E-state index in [-0.39, 0.29) is 0 Å². The zero-order chi connectivity index (χ0) is 12.7. The van der Waals surface area contributed by atoms with Gasteiger partial charge in [0.15, 0.2) is 0 Å². The fourth-order valence-electron chi connectivity index (χ4n) is 1.99. The van der Waals surface area contributed by atoms with E-state index in [1.54, 1.807) is 10.7 Å². The zero-order valence-electron chi connectivity index (χ0n) is 9.84. The highest BCUT2D eigenvalue weighted by atomic mass is 35.5. The van der Waals surface area contributed by atoms with Gasteiger partial charge >= 0.3 is 0 Å². The quantitative estimate of drug-likeness (QED) is 0.768. The molecule has 2 N–H and O–H groups in total. The first-order valence-corrected chi connectivity index (χ1v) is 5.91. The van der Waals surface area contributed by atoms with Crippen LogP contribution in [-0.4, -0.2) is 19.3 Å². The number of halogens is 1. The SMILES string of the molecule is Cn1ccc(Cn2c(N)nc3ccc(Cl)cc32)n1. The molecule has 0 atom stereocenters. The Hall–Kier alpha value is -2.01. The van der Waals surface area contributed by atoms with Gasteiger partial charge in [-0.05, 0) is 24.3 Å². The zero-order valence-corrected chi connectivity index (χ0v) is 10.6. The maximum atomic E-state index is 6.01. The average molecular weight is 262 g/mol. The van der Waals surface area contributed by atoms with E-state index in [0.29, 0.717) is 17.5 Å². The average Bonchev–Trinajstić information content (AvgIpc) is 2.86. The van der Waals surface area contributed by atoms with Gasteiger partial charge in [0.25, 0.3) is 0 Å². The summed E-state index contributed by atoms with van der Waals surface area (Å²) in [6.07, 6.45) is 1.90. The molecule has 3 aromatic rings. The fourth-order valence-corrected chi connectivity index (χ4v) is 2.16. The Morgan fingerprint density at radius 1 is 1.33 bits per heavy atom. The second-order valence-electron chi connectivity index (χ2n) is 4.17. The molecular weight excluding hydrogens is 250 g/mol. The fraction of sp³-hybridized carbons (Fsp3) is 0.167. The highest BCUT2D eigenvalue weighted by Crippen LogP contribution is 2.22. The Kier molecular flexibility index (Phi) is 2.48. The number of fused-ring (bicyclic) bond motifs is 1. The smallest absolute Gasteiger partial charge is 0.201 e. The van der Waals surface area contributed by atoms with Crippen LogP contribution in [0.25, 0.3) is 11.0 Å². The van der Waals surface area contributed by atoms with Crippen LogP contribution in [0, 0.1) is 0 Å². The first kappa shape index (κ1) is 11.1. The van der Waals surface area contributed by atoms with Gasteiger partial charge < -0.3 is 10.3 Å². The maximum absolute atomic E-state index is 6.01. The number of imidazole rings is 1. The van der Waals surface area contributed by atoms with Gasteiger partial charge in [0, 0.05) is 18.3 Å². The van der Waals surface area contributed by atoms with E-state index in [1.807, 2.05) is 36.0 Å². The van der Waals surface area contributed by atoms with Crippen molar-refractivity contribution in [2.45, 2.75) is 6.54 Å². The normalized spacial score (nSPS) is 11.2. The van der Waals surface area contributed by atoms with E-state index < -0.39 is 0 Å². The van der Waals surface area contributed by atoms with Crippen LogP contribution in [0.2, 0.25) is 5.02 Å². The van der Waals surface area contributed by atoms with Gasteiger partial charge in [0.1, 0.15) is 0 Å². The Morgan fingerprint density at radius 3 is 2.89 bits per heavy atom. The summed E-state index contributed by atoms with van der Waals surface area (Å²) in [7, 11) is 1.88. The lowest BCUT2D eigenvalue weighted by atomic mass is 10.3. The standard InChI is InChI=1S/C12H12ClN5/c1-17-5-4-9(16-17)7-18-11-6-8(13)2-3-10(11)15-12(18)14/h2-6H,7H2,1H3,(H2,14,15). The summed E-state index contributed by atoms with van der Waals surface area (Å²) in [4.78, 5) is 4.30. The highest BCUT2D eigenvalue weighted by molar-refractivity contribution is 6.31. The van der Waals surface area contributed by atoms with E-state index in [4.69, 9.17) is 17.3 Å². The third-order valence-corrected chi connectivity index (χ3v) is 3.06. The van der Waals surface area contributed by atoms with E-state index in [1.165, 1.54) is 0 Å². The summed E-state index contributed by atoms with van der Waals surface area (Å²) >= 11 is 6.01. The van der Waals surface area contributed by atoms with Crippen LogP contribution in [0.3, 0.4) is 0 Å². The van der Waals surface area contributed by atoms with Gasteiger partial charge in [0.05, 0.1) is 23.3 Å². The molecule has 5 nitrogen and oxygen atoms in total. The lowest BCUT2D eigenvalue weighted by molar-refractivity contribution is 0.717. The van der Waals surface area contributed by atoms with E-state index in [0.717, 1.165) is 16.7 Å². The molecular formula is C12H12ClN5. The molecule has 3 rings (SSSR count). The topological polar surface area (TPSA) is 61.7 Å². The van der Waals surface area contributed by atoms with E-state index in [9.17, 15) is 0 Å². The molecule has 0 spiro atoms. The Bertz CT molecular complexity index is 712. The molecule has 0 bridgehead atoms. The molecule has 0 aliphatic rings. The van der Waals surface area contributed by atoms with E-state index >= 15 is 0 Å². The van der Waals surface area contributed by atoms with Crippen LogP contribution < -0.4 is 5.73 Å². The first-order valence-electron chi connectivity index (χ1n) is 5.53. The molecule has 0 aliphatic carbocycles. The molecule has 0 aliphatic heterocycles. The summed E-state index contributed by atoms with van der Waals surface area (Å²) in [5.41, 5.74) is 8.63. The van der Waals surface area contributed by atoms with Gasteiger partial charge in [-0.25, -0.2) is 4.98 Å². The maximum Gasteiger partial charge on any atom is 0.201 e. The summed E-state index contributed by atoms with van der Waals surface area (Å²) in [5.74, 6) is 0.470. The molecule has 0 saturated heterocycles. The number of benzene rings is 1. The van der Waals surface area contributed by atoms with Crippen LogP contribution in [0.1, 0.15) is 5.69 Å². The van der Waals surface area contributed by atoms with Crippen molar-refractivity contribution in [3.63, 3.8) is 0 Å². The van der Waals surface area contributed by atoms with Crippen molar-refractivity contribution in [3.8, 4) is 0 Å². The lowest BCUT2D eigenvalue weighted by Crippen LogP contribution is -2.05. The minimum atomic E-state index is 0.470. The molecule has 0 unspecified atom stereocenters. The van der Waals surface area contributed by atoms with Crippen LogP contribution in [0.15, 0.2) is 30.5 Å². The molecule has 2 aromatic heterocycles. The van der Waals surface area contributed by atoms with Gasteiger partial charge in [-0.2, -0.15) is 5.10 Å². The predicted molar refractivity (Wildman–Crippen MR) is 71.5 cm³/mol. The molecule has 1 aromatic carbocycles. The van der Waals surface area contributed by atoms with Crippen molar-refractivity contribution in [1.29, 1.82) is 0 Å². The number of nitrogens with zero attached hydrogens (tertiary/aromatic N) is 4. The van der Waals surface area contributed by atoms with Crippen molar-refractivity contribution in [3.05, 3.63) is 41.2 Å². The Labute approximate surface area is 109 Å². The van der Waals surface area contributed by atoms with Crippen molar-refractivity contribution in [2.75, 3.05) is 5.73 Å². The summed E-state index contributed by atoms with van der Waals surface area (Å²) in [5, 5.41) is 5.01. The summed E-state index contributed by atoms with van der Waals surface area (Å²) in [6, 6.07) is 7.49. The van der Waals surface area contributed by atoms with Crippen molar-refractivity contribution in [2.24, 2.45) is 7.05 Å². The van der Waals surface area contributed by atoms with Crippen molar-refractivity contribution < 1.29 is 0 Å². The summed E-state index contributed by atoms with van der Waals surface area (Å²) in [6.45, 7) is 0.587. The van der Waals surface area contributed by atoms with Crippen LogP contribution in [-0.2, 0) is 13.6 Å². The number of aryl methyl sites for hydroxylation is 1. The monoisotopic (exact) mass is 261 g/mol. The molecule has 0 radical (unpaired) electrons. The largest absolute Gasteiger partial charge is 0.369 e. The minimum Gasteiger partial charge on any atom is -0.369 e. The highest BCUT2D eigenvalue weighted by Gasteiger charge is 2.10. The second-order valence-corrected chi connectivity index (χ2v) is 4.61. The van der Waals surface area contributed by atoms with Gasteiger partial charge in [-0.3, -0.25) is 4.68 Å². The number of hydrogen-bond donors (Lipinski definition) is 1. The first-order chi connectivity index (χ1) is 8.63. The minimum absolute atomic E-state index is 0.470. The number of rotatable bonds is 2. The van der Waals surface area contributed by atoms with Crippen LogP contribution in [0.5, 0.6) is 0 Å². The lowest BCUT2D eigenvalue weighted by Gasteiger charge is -2.04. The van der Waals surface area contributed by atoms with Crippen molar-refractivity contribution >= 4 is 28.6 Å². The van der Waals surface area contributed by atoms with Crippen LogP contribution >= 0.6 is 11.6 Å². The number of hydrogen-bond acceptors (Lipinski definition) is 3. The third kappa shape index (κ3) is 1.82. The third-order valence-electron chi connectivity index (χ3n) is 2.83. The van der Waals surface area contributed by atoms with Crippen molar-refractivity contribution in [1.82, 2.24) is 19.3 Å². The van der Waals surface area contributed by atoms with Gasteiger partial charge in [0.2, 0.25) is 5.95 Å². The number of nitrogens with two attached hydrogens (primary N) is 1. The van der Waals surface area contributed by atoms with E-state index in [2.05, 4.69) is 10.1 Å². The molecule has 0 fully saturated rings. The number of nitrogen functional groups attached to an aromatic ring is 1. The number of anilines is 1. The molecule has 0 amide bonds.